The van der Waals surface area contributed by atoms with E-state index in [9.17, 15) is 24.0 Å². The molecule has 0 aliphatic carbocycles. The molecule has 0 aromatic heterocycles. The van der Waals surface area contributed by atoms with Crippen molar-refractivity contribution >= 4 is 41.6 Å². The number of esters is 4. The van der Waals surface area contributed by atoms with Gasteiger partial charge in [-0.2, -0.15) is 0 Å². The molecule has 1 heterocycles. The predicted octanol–water partition coefficient (Wildman–Crippen LogP) is 0.303. The number of carbonyl (C=O) groups is 5. The summed E-state index contributed by atoms with van der Waals surface area (Å²) >= 11 is 1.03. The lowest BCUT2D eigenvalue weighted by Crippen LogP contribution is -2.58. The van der Waals surface area contributed by atoms with Gasteiger partial charge < -0.3 is 24.1 Å². The molecule has 0 spiro atoms. The van der Waals surface area contributed by atoms with E-state index in [1.54, 1.807) is 0 Å². The largest absolute Gasteiger partial charge is 0.481 e. The van der Waals surface area contributed by atoms with E-state index in [0.717, 1.165) is 32.5 Å². The maximum atomic E-state index is 11.6. The van der Waals surface area contributed by atoms with E-state index in [-0.39, 0.29) is 6.61 Å². The molecule has 1 aliphatic rings. The lowest BCUT2D eigenvalue weighted by Gasteiger charge is -2.43. The molecule has 0 unspecified atom stereocenters. The number of hydrogen-bond donors (Lipinski definition) is 1. The van der Waals surface area contributed by atoms with Crippen LogP contribution in [-0.4, -0.2) is 70.4 Å². The standard InChI is InChI=1S/C16H22O10S/c1-7(17)23-6-12-15(25-9(3)19)16(26-10(4)20)14(24-8(2)18)11(27-12)5-13(21)22/h11-12,14-16H,5-6H2,1-4H3,(H,21,22)/t11-,12+,14-,15-,16-/m1/s1. The van der Waals surface area contributed by atoms with Crippen molar-refractivity contribution in [2.75, 3.05) is 6.61 Å². The fourth-order valence-corrected chi connectivity index (χ4v) is 4.22. The fourth-order valence-electron chi connectivity index (χ4n) is 2.65. The second kappa shape index (κ2) is 10.1. The van der Waals surface area contributed by atoms with Crippen LogP contribution in [0.15, 0.2) is 0 Å². The second-order valence-electron chi connectivity index (χ2n) is 5.84. The molecule has 1 aliphatic heterocycles. The number of hydrogen-bond acceptors (Lipinski definition) is 10. The average molecular weight is 406 g/mol. The summed E-state index contributed by atoms with van der Waals surface area (Å²) in [6.07, 6.45) is -3.93. The summed E-state index contributed by atoms with van der Waals surface area (Å²) in [4.78, 5) is 57.0. The first-order chi connectivity index (χ1) is 12.5. The van der Waals surface area contributed by atoms with Gasteiger partial charge in [-0.05, 0) is 0 Å². The SMILES string of the molecule is CC(=O)OC[C@@H]1S[C@H](CC(=O)O)[C@@H](OC(C)=O)[C@@H](OC(C)=O)[C@@H]1OC(C)=O. The van der Waals surface area contributed by atoms with E-state index in [1.165, 1.54) is 6.92 Å². The number of ether oxygens (including phenoxy) is 4. The number of carboxylic acid groups (broad SMARTS) is 1. The number of carbonyl (C=O) groups excluding carboxylic acids is 4. The highest BCUT2D eigenvalue weighted by atomic mass is 32.2. The second-order valence-corrected chi connectivity index (χ2v) is 7.32. The van der Waals surface area contributed by atoms with Gasteiger partial charge in [-0.1, -0.05) is 0 Å². The number of aliphatic carboxylic acids is 1. The maximum absolute atomic E-state index is 11.6. The Morgan fingerprint density at radius 2 is 1.19 bits per heavy atom. The zero-order chi connectivity index (χ0) is 20.7. The van der Waals surface area contributed by atoms with Crippen molar-refractivity contribution in [1.82, 2.24) is 0 Å². The van der Waals surface area contributed by atoms with E-state index in [2.05, 4.69) is 0 Å². The molecule has 0 aromatic carbocycles. The Balaban J connectivity index is 3.29. The van der Waals surface area contributed by atoms with Gasteiger partial charge in [0.25, 0.3) is 0 Å². The van der Waals surface area contributed by atoms with Gasteiger partial charge in [-0.15, -0.1) is 11.8 Å². The van der Waals surface area contributed by atoms with Gasteiger partial charge in [0.2, 0.25) is 0 Å². The number of rotatable bonds is 7. The molecule has 0 bridgehead atoms. The highest BCUT2D eigenvalue weighted by Gasteiger charge is 2.51. The smallest absolute Gasteiger partial charge is 0.304 e. The molecule has 27 heavy (non-hydrogen) atoms. The molecule has 5 atom stereocenters. The van der Waals surface area contributed by atoms with Crippen molar-refractivity contribution in [2.24, 2.45) is 0 Å². The summed E-state index contributed by atoms with van der Waals surface area (Å²) < 4.78 is 20.6. The van der Waals surface area contributed by atoms with Crippen molar-refractivity contribution in [3.63, 3.8) is 0 Å². The molecule has 1 rings (SSSR count). The Morgan fingerprint density at radius 1 is 0.741 bits per heavy atom. The zero-order valence-corrected chi connectivity index (χ0v) is 16.1. The van der Waals surface area contributed by atoms with Gasteiger partial charge >= 0.3 is 29.8 Å². The van der Waals surface area contributed by atoms with E-state index < -0.39 is 65.1 Å². The predicted molar refractivity (Wildman–Crippen MR) is 90.7 cm³/mol. The van der Waals surface area contributed by atoms with Crippen molar-refractivity contribution in [3.05, 3.63) is 0 Å². The van der Waals surface area contributed by atoms with Gasteiger partial charge in [0.05, 0.1) is 16.9 Å². The van der Waals surface area contributed by atoms with Gasteiger partial charge in [0, 0.05) is 27.7 Å². The molecule has 1 fully saturated rings. The Hall–Kier alpha value is -2.30. The Bertz CT molecular complexity index is 604. The molecule has 0 aromatic rings. The molecule has 0 saturated carbocycles. The maximum Gasteiger partial charge on any atom is 0.304 e. The van der Waals surface area contributed by atoms with Crippen LogP contribution in [0.5, 0.6) is 0 Å². The van der Waals surface area contributed by atoms with Gasteiger partial charge in [-0.25, -0.2) is 0 Å². The molecular formula is C16H22O10S. The summed E-state index contributed by atoms with van der Waals surface area (Å²) in [5.41, 5.74) is 0. The lowest BCUT2D eigenvalue weighted by atomic mass is 9.98. The normalized spacial score (nSPS) is 27.2. The van der Waals surface area contributed by atoms with Crippen LogP contribution < -0.4 is 0 Å². The van der Waals surface area contributed by atoms with Gasteiger partial charge in [0.15, 0.2) is 18.3 Å². The van der Waals surface area contributed by atoms with E-state index >= 15 is 0 Å². The number of thioether (sulfide) groups is 1. The summed E-state index contributed by atoms with van der Waals surface area (Å²) in [6, 6.07) is 0. The summed E-state index contributed by atoms with van der Waals surface area (Å²) in [7, 11) is 0. The van der Waals surface area contributed by atoms with Crippen LogP contribution in [0, 0.1) is 0 Å². The minimum absolute atomic E-state index is 0.210. The number of carboxylic acids is 1. The summed E-state index contributed by atoms with van der Waals surface area (Å²) in [6.45, 7) is 4.36. The first kappa shape index (κ1) is 22.7. The van der Waals surface area contributed by atoms with Crippen LogP contribution in [0.1, 0.15) is 34.1 Å². The highest BCUT2D eigenvalue weighted by molar-refractivity contribution is 8.00. The van der Waals surface area contributed by atoms with Crippen LogP contribution in [0.2, 0.25) is 0 Å². The first-order valence-corrected chi connectivity index (χ1v) is 8.97. The monoisotopic (exact) mass is 406 g/mol. The molecule has 0 radical (unpaired) electrons. The summed E-state index contributed by atoms with van der Waals surface area (Å²) in [5.74, 6) is -3.89. The molecule has 0 amide bonds. The van der Waals surface area contributed by atoms with Crippen molar-refractivity contribution in [1.29, 1.82) is 0 Å². The molecule has 152 valence electrons. The Morgan fingerprint density at radius 3 is 1.59 bits per heavy atom. The van der Waals surface area contributed by atoms with Crippen LogP contribution >= 0.6 is 11.8 Å². The molecular weight excluding hydrogens is 384 g/mol. The first-order valence-electron chi connectivity index (χ1n) is 8.03. The Labute approximate surface area is 159 Å². The van der Waals surface area contributed by atoms with Crippen molar-refractivity contribution < 1.29 is 48.0 Å². The van der Waals surface area contributed by atoms with Crippen LogP contribution in [0.25, 0.3) is 0 Å². The minimum Gasteiger partial charge on any atom is -0.481 e. The third kappa shape index (κ3) is 7.45. The third-order valence-corrected chi connectivity index (χ3v) is 5.00. The molecule has 1 saturated heterocycles. The molecule has 11 heteroatoms. The van der Waals surface area contributed by atoms with Gasteiger partial charge in [0.1, 0.15) is 6.61 Å². The quantitative estimate of drug-likeness (QED) is 0.461. The molecule has 1 N–H and O–H groups in total. The molecule has 10 nitrogen and oxygen atoms in total. The third-order valence-electron chi connectivity index (χ3n) is 3.46. The van der Waals surface area contributed by atoms with Crippen molar-refractivity contribution in [2.45, 2.75) is 62.9 Å². The van der Waals surface area contributed by atoms with Crippen LogP contribution in [0.4, 0.5) is 0 Å². The van der Waals surface area contributed by atoms with E-state index in [0.29, 0.717) is 0 Å². The lowest BCUT2D eigenvalue weighted by molar-refractivity contribution is -0.186. The Kier molecular flexibility index (Phi) is 8.54. The van der Waals surface area contributed by atoms with Crippen LogP contribution in [0.3, 0.4) is 0 Å². The van der Waals surface area contributed by atoms with Crippen LogP contribution in [-0.2, 0) is 42.9 Å². The zero-order valence-electron chi connectivity index (χ0n) is 15.3. The highest BCUT2D eigenvalue weighted by Crippen LogP contribution is 2.39. The fraction of sp³-hybridized carbons (Fsp3) is 0.688. The summed E-state index contributed by atoms with van der Waals surface area (Å²) in [5, 5.41) is 7.63. The van der Waals surface area contributed by atoms with Crippen molar-refractivity contribution in [3.8, 4) is 0 Å². The van der Waals surface area contributed by atoms with E-state index in [1.807, 2.05) is 0 Å². The van der Waals surface area contributed by atoms with E-state index in [4.69, 9.17) is 24.1 Å². The topological polar surface area (TPSA) is 143 Å². The van der Waals surface area contributed by atoms with Gasteiger partial charge in [-0.3, -0.25) is 24.0 Å². The minimum atomic E-state index is -1.25. The average Bonchev–Trinajstić information content (AvgIpc) is 2.49.